The Kier molecular flexibility index (Phi) is 4.57. The minimum absolute atomic E-state index is 0. The maximum Gasteiger partial charge on any atom is 0.151 e. The van der Waals surface area contributed by atoms with E-state index in [1.54, 1.807) is 6.20 Å². The van der Waals surface area contributed by atoms with Gasteiger partial charge in [-0.15, -0.1) is 12.4 Å². The average molecular weight is 256 g/mol. The summed E-state index contributed by atoms with van der Waals surface area (Å²) in [6.45, 7) is 5.79. The second-order valence-corrected chi connectivity index (χ2v) is 3.82. The van der Waals surface area contributed by atoms with E-state index in [0.717, 1.165) is 24.6 Å². The molecule has 17 heavy (non-hydrogen) atoms. The molecule has 0 aliphatic rings. The predicted octanol–water partition coefficient (Wildman–Crippen LogP) is 1.98. The van der Waals surface area contributed by atoms with Gasteiger partial charge in [-0.1, -0.05) is 0 Å². The van der Waals surface area contributed by atoms with E-state index >= 15 is 0 Å². The maximum atomic E-state index is 4.43. The highest BCUT2D eigenvalue weighted by Gasteiger charge is 2.04. The molecular formula is C11H18ClN5. The van der Waals surface area contributed by atoms with E-state index in [-0.39, 0.29) is 12.4 Å². The third-order valence-electron chi connectivity index (χ3n) is 2.63. The van der Waals surface area contributed by atoms with Gasteiger partial charge in [0.15, 0.2) is 5.82 Å². The predicted molar refractivity (Wildman–Crippen MR) is 70.4 cm³/mol. The van der Waals surface area contributed by atoms with Crippen LogP contribution in [0, 0.1) is 6.92 Å². The Morgan fingerprint density at radius 2 is 2.18 bits per heavy atom. The van der Waals surface area contributed by atoms with Gasteiger partial charge in [0.25, 0.3) is 0 Å². The van der Waals surface area contributed by atoms with Crippen LogP contribution < -0.4 is 5.32 Å². The molecule has 0 atom stereocenters. The molecule has 0 amide bonds. The second kappa shape index (κ2) is 5.72. The van der Waals surface area contributed by atoms with Crippen molar-refractivity contribution in [3.05, 3.63) is 29.7 Å². The van der Waals surface area contributed by atoms with Crippen LogP contribution in [0.4, 0.5) is 5.82 Å². The number of halogens is 1. The highest BCUT2D eigenvalue weighted by atomic mass is 35.5. The zero-order valence-electron chi connectivity index (χ0n) is 10.3. The van der Waals surface area contributed by atoms with Crippen molar-refractivity contribution in [1.82, 2.24) is 19.6 Å². The first-order valence-corrected chi connectivity index (χ1v) is 5.45. The highest BCUT2D eigenvalue weighted by Crippen LogP contribution is 2.12. The fourth-order valence-corrected chi connectivity index (χ4v) is 1.61. The number of nitrogens with one attached hydrogen (secondary N) is 1. The third-order valence-corrected chi connectivity index (χ3v) is 2.63. The largest absolute Gasteiger partial charge is 0.363 e. The molecule has 0 fully saturated rings. The van der Waals surface area contributed by atoms with E-state index in [4.69, 9.17) is 0 Å². The molecule has 0 spiro atoms. The smallest absolute Gasteiger partial charge is 0.151 e. The van der Waals surface area contributed by atoms with Crippen molar-refractivity contribution in [3.63, 3.8) is 0 Å². The molecule has 94 valence electrons. The number of aromatic nitrogens is 4. The summed E-state index contributed by atoms with van der Waals surface area (Å²) in [5, 5.41) is 11.9. The molecule has 0 unspecified atom stereocenters. The monoisotopic (exact) mass is 255 g/mol. The Hall–Kier alpha value is -1.49. The molecule has 5 nitrogen and oxygen atoms in total. The van der Waals surface area contributed by atoms with Crippen molar-refractivity contribution in [1.29, 1.82) is 0 Å². The number of nitrogens with zero attached hydrogens (tertiary/aromatic N) is 4. The van der Waals surface area contributed by atoms with Gasteiger partial charge < -0.3 is 5.32 Å². The number of aryl methyl sites for hydroxylation is 3. The SMILES string of the molecule is CCn1cc(C)c(NCc2ccnn2C)n1.Cl. The van der Waals surface area contributed by atoms with E-state index in [1.807, 2.05) is 28.7 Å². The molecule has 0 aromatic carbocycles. The highest BCUT2D eigenvalue weighted by molar-refractivity contribution is 5.85. The fraction of sp³-hybridized carbons (Fsp3) is 0.455. The van der Waals surface area contributed by atoms with E-state index in [2.05, 4.69) is 29.4 Å². The van der Waals surface area contributed by atoms with Crippen LogP contribution in [0.2, 0.25) is 0 Å². The molecule has 0 saturated carbocycles. The van der Waals surface area contributed by atoms with Crippen LogP contribution in [-0.2, 0) is 20.1 Å². The lowest BCUT2D eigenvalue weighted by Gasteiger charge is -2.04. The minimum Gasteiger partial charge on any atom is -0.363 e. The van der Waals surface area contributed by atoms with Crippen molar-refractivity contribution in [2.24, 2.45) is 7.05 Å². The summed E-state index contributed by atoms with van der Waals surface area (Å²) in [6.07, 6.45) is 3.85. The lowest BCUT2D eigenvalue weighted by atomic mass is 10.3. The summed E-state index contributed by atoms with van der Waals surface area (Å²) in [4.78, 5) is 0. The van der Waals surface area contributed by atoms with Crippen molar-refractivity contribution in [2.45, 2.75) is 26.9 Å². The number of rotatable bonds is 4. The van der Waals surface area contributed by atoms with Gasteiger partial charge in [0.1, 0.15) is 0 Å². The lowest BCUT2D eigenvalue weighted by Crippen LogP contribution is -2.06. The average Bonchev–Trinajstić information content (AvgIpc) is 2.82. The van der Waals surface area contributed by atoms with E-state index < -0.39 is 0 Å². The Balaban J connectivity index is 0.00000144. The second-order valence-electron chi connectivity index (χ2n) is 3.82. The number of hydrogen-bond donors (Lipinski definition) is 1. The quantitative estimate of drug-likeness (QED) is 0.909. The molecule has 0 saturated heterocycles. The number of anilines is 1. The van der Waals surface area contributed by atoms with E-state index in [0.29, 0.717) is 0 Å². The molecule has 0 bridgehead atoms. The molecule has 2 rings (SSSR count). The fourth-order valence-electron chi connectivity index (χ4n) is 1.61. The van der Waals surface area contributed by atoms with Crippen LogP contribution in [0.3, 0.4) is 0 Å². The van der Waals surface area contributed by atoms with Crippen molar-refractivity contribution in [3.8, 4) is 0 Å². The molecule has 6 heteroatoms. The molecule has 0 aliphatic carbocycles. The lowest BCUT2D eigenvalue weighted by molar-refractivity contribution is 0.659. The summed E-state index contributed by atoms with van der Waals surface area (Å²) in [5.41, 5.74) is 2.31. The van der Waals surface area contributed by atoms with Gasteiger partial charge in [-0.05, 0) is 19.9 Å². The first-order valence-electron chi connectivity index (χ1n) is 5.45. The van der Waals surface area contributed by atoms with Crippen LogP contribution >= 0.6 is 12.4 Å². The molecule has 2 aromatic rings. The van der Waals surface area contributed by atoms with Crippen molar-refractivity contribution in [2.75, 3.05) is 5.32 Å². The standard InChI is InChI=1S/C11H17N5.ClH/c1-4-16-8-9(2)11(14-16)12-7-10-5-6-13-15(10)3;/h5-6,8H,4,7H2,1-3H3,(H,12,14);1H. The Bertz CT molecular complexity index is 474. The topological polar surface area (TPSA) is 47.7 Å². The Labute approximate surface area is 107 Å². The molecule has 0 aliphatic heterocycles. The van der Waals surface area contributed by atoms with Gasteiger partial charge >= 0.3 is 0 Å². The summed E-state index contributed by atoms with van der Waals surface area (Å²) < 4.78 is 3.79. The normalized spacial score (nSPS) is 10.1. The van der Waals surface area contributed by atoms with Crippen LogP contribution in [0.5, 0.6) is 0 Å². The van der Waals surface area contributed by atoms with Gasteiger partial charge in [-0.25, -0.2) is 0 Å². The first-order chi connectivity index (χ1) is 7.70. The summed E-state index contributed by atoms with van der Waals surface area (Å²) in [7, 11) is 1.94. The van der Waals surface area contributed by atoms with Crippen LogP contribution in [0.15, 0.2) is 18.5 Å². The summed E-state index contributed by atoms with van der Waals surface area (Å²) in [6, 6.07) is 2.00. The van der Waals surface area contributed by atoms with Crippen LogP contribution in [-0.4, -0.2) is 19.6 Å². The maximum absolute atomic E-state index is 4.43. The van der Waals surface area contributed by atoms with Gasteiger partial charge in [0, 0.05) is 31.5 Å². The first kappa shape index (κ1) is 13.6. The van der Waals surface area contributed by atoms with Gasteiger partial charge in [-0.2, -0.15) is 10.2 Å². The summed E-state index contributed by atoms with van der Waals surface area (Å²) >= 11 is 0. The zero-order chi connectivity index (χ0) is 11.5. The third kappa shape index (κ3) is 3.00. The van der Waals surface area contributed by atoms with Crippen molar-refractivity contribution >= 4 is 18.2 Å². The van der Waals surface area contributed by atoms with Gasteiger partial charge in [-0.3, -0.25) is 9.36 Å². The summed E-state index contributed by atoms with van der Waals surface area (Å²) in [5.74, 6) is 0.947. The van der Waals surface area contributed by atoms with Gasteiger partial charge in [0.05, 0.1) is 12.2 Å². The van der Waals surface area contributed by atoms with E-state index in [9.17, 15) is 0 Å². The van der Waals surface area contributed by atoms with Gasteiger partial charge in [0.2, 0.25) is 0 Å². The van der Waals surface area contributed by atoms with Crippen molar-refractivity contribution < 1.29 is 0 Å². The molecule has 0 radical (unpaired) electrons. The Morgan fingerprint density at radius 1 is 1.41 bits per heavy atom. The Morgan fingerprint density at radius 3 is 2.71 bits per heavy atom. The molecule has 1 N–H and O–H groups in total. The van der Waals surface area contributed by atoms with Crippen LogP contribution in [0.25, 0.3) is 0 Å². The van der Waals surface area contributed by atoms with Crippen LogP contribution in [0.1, 0.15) is 18.2 Å². The number of hydrogen-bond acceptors (Lipinski definition) is 3. The molecule has 2 aromatic heterocycles. The molecule has 2 heterocycles. The zero-order valence-corrected chi connectivity index (χ0v) is 11.2. The minimum atomic E-state index is 0. The van der Waals surface area contributed by atoms with E-state index in [1.165, 1.54) is 5.56 Å². The molecular weight excluding hydrogens is 238 g/mol.